The number of carbonyl (C=O) groups is 1. The summed E-state index contributed by atoms with van der Waals surface area (Å²) in [6, 6.07) is 11.5. The zero-order chi connectivity index (χ0) is 20.1. The monoisotopic (exact) mass is 412 g/mol. The molecule has 1 amide bonds. The highest BCUT2D eigenvalue weighted by molar-refractivity contribution is 6.30. The highest BCUT2D eigenvalue weighted by Gasteiger charge is 2.30. The maximum atomic E-state index is 12.7. The van der Waals surface area contributed by atoms with Gasteiger partial charge in [-0.2, -0.15) is 13.2 Å². The molecule has 3 rings (SSSR count). The molecular weight excluding hydrogens is 393 g/mol. The zero-order valence-electron chi connectivity index (χ0n) is 15.0. The van der Waals surface area contributed by atoms with Gasteiger partial charge in [-0.05, 0) is 42.0 Å². The number of carbonyl (C=O) groups excluding carboxylic acids is 1. The van der Waals surface area contributed by atoms with Crippen molar-refractivity contribution in [1.29, 1.82) is 0 Å². The quantitative estimate of drug-likeness (QED) is 0.801. The van der Waals surface area contributed by atoms with Gasteiger partial charge in [0.1, 0.15) is 0 Å². The Hall–Kier alpha value is -2.09. The van der Waals surface area contributed by atoms with Crippen LogP contribution in [0.15, 0.2) is 48.5 Å². The highest BCUT2D eigenvalue weighted by Crippen LogP contribution is 2.29. The van der Waals surface area contributed by atoms with E-state index in [1.54, 1.807) is 12.1 Å². The molecule has 1 saturated heterocycles. The van der Waals surface area contributed by atoms with Crippen LogP contribution in [0.2, 0.25) is 5.02 Å². The van der Waals surface area contributed by atoms with Gasteiger partial charge >= 0.3 is 6.18 Å². The molecule has 0 aliphatic carbocycles. The lowest BCUT2D eigenvalue weighted by atomic mass is 10.0. The number of rotatable bonds is 5. The summed E-state index contributed by atoms with van der Waals surface area (Å²) in [5, 5.41) is 3.46. The summed E-state index contributed by atoms with van der Waals surface area (Å²) in [4.78, 5) is 14.6. The van der Waals surface area contributed by atoms with Gasteiger partial charge in [-0.15, -0.1) is 0 Å². The van der Waals surface area contributed by atoms with Crippen LogP contribution in [0.3, 0.4) is 0 Å². The Morgan fingerprint density at radius 1 is 1.07 bits per heavy atom. The number of ether oxygens (including phenoxy) is 1. The van der Waals surface area contributed by atoms with Crippen molar-refractivity contribution in [2.45, 2.75) is 12.2 Å². The lowest BCUT2D eigenvalue weighted by molar-refractivity contribution is -0.137. The van der Waals surface area contributed by atoms with E-state index in [1.807, 2.05) is 12.1 Å². The van der Waals surface area contributed by atoms with Crippen molar-refractivity contribution in [3.63, 3.8) is 0 Å². The van der Waals surface area contributed by atoms with Gasteiger partial charge < -0.3 is 10.1 Å². The third kappa shape index (κ3) is 5.25. The van der Waals surface area contributed by atoms with Crippen LogP contribution in [0.25, 0.3) is 0 Å². The minimum absolute atomic E-state index is 0.0837. The number of halogens is 4. The fourth-order valence-electron chi connectivity index (χ4n) is 3.13. The average molecular weight is 413 g/mol. The smallest absolute Gasteiger partial charge is 0.379 e. The SMILES string of the molecule is O=C(NCC(c1ccc(Cl)cc1)N1CCOCC1)c1ccc(C(F)(F)F)cc1. The number of benzene rings is 2. The molecule has 1 N–H and O–H groups in total. The molecule has 0 bridgehead atoms. The standard InChI is InChI=1S/C20H20ClF3N2O2/c21-17-7-3-14(4-8-17)18(26-9-11-28-12-10-26)13-25-19(27)15-1-5-16(6-2-15)20(22,23)24/h1-8,18H,9-13H2,(H,25,27). The first-order valence-electron chi connectivity index (χ1n) is 8.87. The van der Waals surface area contributed by atoms with Crippen molar-refractivity contribution < 1.29 is 22.7 Å². The third-order valence-electron chi connectivity index (χ3n) is 4.67. The number of hydrogen-bond acceptors (Lipinski definition) is 3. The van der Waals surface area contributed by atoms with E-state index in [4.69, 9.17) is 16.3 Å². The summed E-state index contributed by atoms with van der Waals surface area (Å²) in [5.41, 5.74) is 0.403. The van der Waals surface area contributed by atoms with E-state index in [9.17, 15) is 18.0 Å². The molecule has 1 fully saturated rings. The largest absolute Gasteiger partial charge is 0.416 e. The summed E-state index contributed by atoms with van der Waals surface area (Å²) >= 11 is 5.97. The van der Waals surface area contributed by atoms with Crippen LogP contribution in [-0.4, -0.2) is 43.7 Å². The molecule has 1 atom stereocenters. The molecule has 1 unspecified atom stereocenters. The highest BCUT2D eigenvalue weighted by atomic mass is 35.5. The lowest BCUT2D eigenvalue weighted by Crippen LogP contribution is -2.43. The molecule has 1 aliphatic rings. The number of alkyl halides is 3. The van der Waals surface area contributed by atoms with E-state index in [-0.39, 0.29) is 11.6 Å². The first-order chi connectivity index (χ1) is 13.3. The van der Waals surface area contributed by atoms with Gasteiger partial charge in [-0.1, -0.05) is 23.7 Å². The van der Waals surface area contributed by atoms with Crippen LogP contribution in [0.4, 0.5) is 13.2 Å². The molecular formula is C20H20ClF3N2O2. The van der Waals surface area contributed by atoms with E-state index in [0.717, 1.165) is 30.8 Å². The van der Waals surface area contributed by atoms with Gasteiger partial charge in [-0.3, -0.25) is 9.69 Å². The summed E-state index contributed by atoms with van der Waals surface area (Å²) in [6.45, 7) is 2.99. The first-order valence-corrected chi connectivity index (χ1v) is 9.25. The Morgan fingerprint density at radius 2 is 1.68 bits per heavy atom. The maximum absolute atomic E-state index is 12.7. The van der Waals surface area contributed by atoms with Crippen LogP contribution in [-0.2, 0) is 10.9 Å². The molecule has 0 spiro atoms. The van der Waals surface area contributed by atoms with E-state index in [0.29, 0.717) is 24.8 Å². The summed E-state index contributed by atoms with van der Waals surface area (Å²) in [6.07, 6.45) is -4.43. The maximum Gasteiger partial charge on any atom is 0.416 e. The summed E-state index contributed by atoms with van der Waals surface area (Å²) < 4.78 is 43.4. The third-order valence-corrected chi connectivity index (χ3v) is 4.92. The van der Waals surface area contributed by atoms with Crippen molar-refractivity contribution >= 4 is 17.5 Å². The van der Waals surface area contributed by atoms with Gasteiger partial charge in [0.05, 0.1) is 24.8 Å². The first kappa shape index (κ1) is 20.6. The van der Waals surface area contributed by atoms with E-state index >= 15 is 0 Å². The molecule has 0 saturated carbocycles. The second-order valence-corrected chi connectivity index (χ2v) is 6.94. The van der Waals surface area contributed by atoms with E-state index < -0.39 is 17.6 Å². The fraction of sp³-hybridized carbons (Fsp3) is 0.350. The molecule has 0 aromatic heterocycles. The predicted molar refractivity (Wildman–Crippen MR) is 100 cm³/mol. The second kappa shape index (κ2) is 8.94. The zero-order valence-corrected chi connectivity index (χ0v) is 15.8. The molecule has 1 aliphatic heterocycles. The second-order valence-electron chi connectivity index (χ2n) is 6.50. The average Bonchev–Trinajstić information content (AvgIpc) is 2.69. The van der Waals surface area contributed by atoms with E-state index in [1.165, 1.54) is 12.1 Å². The topological polar surface area (TPSA) is 41.6 Å². The Kier molecular flexibility index (Phi) is 6.59. The Bertz CT molecular complexity index is 789. The molecule has 8 heteroatoms. The van der Waals surface area contributed by atoms with Crippen LogP contribution in [0, 0.1) is 0 Å². The van der Waals surface area contributed by atoms with E-state index in [2.05, 4.69) is 10.2 Å². The molecule has 4 nitrogen and oxygen atoms in total. The fourth-order valence-corrected chi connectivity index (χ4v) is 3.26. The van der Waals surface area contributed by atoms with Crippen LogP contribution < -0.4 is 5.32 Å². The minimum Gasteiger partial charge on any atom is -0.379 e. The molecule has 2 aromatic rings. The Morgan fingerprint density at radius 3 is 2.25 bits per heavy atom. The number of morpholine rings is 1. The van der Waals surface area contributed by atoms with Gasteiger partial charge in [0.25, 0.3) is 5.91 Å². The normalized spacial score (nSPS) is 16.6. The van der Waals surface area contributed by atoms with Gasteiger partial charge in [0.2, 0.25) is 0 Å². The van der Waals surface area contributed by atoms with Crippen LogP contribution in [0.1, 0.15) is 27.5 Å². The van der Waals surface area contributed by atoms with Gasteiger partial charge in [0, 0.05) is 30.2 Å². The molecule has 1 heterocycles. The Balaban J connectivity index is 1.70. The van der Waals surface area contributed by atoms with Crippen LogP contribution >= 0.6 is 11.6 Å². The number of nitrogens with one attached hydrogen (secondary N) is 1. The number of nitrogens with zero attached hydrogens (tertiary/aromatic N) is 1. The Labute approximate surface area is 166 Å². The minimum atomic E-state index is -4.43. The van der Waals surface area contributed by atoms with Gasteiger partial charge in [-0.25, -0.2) is 0 Å². The molecule has 28 heavy (non-hydrogen) atoms. The van der Waals surface area contributed by atoms with Crippen LogP contribution in [0.5, 0.6) is 0 Å². The molecule has 0 radical (unpaired) electrons. The van der Waals surface area contributed by atoms with Crippen molar-refractivity contribution in [1.82, 2.24) is 10.2 Å². The lowest BCUT2D eigenvalue weighted by Gasteiger charge is -2.35. The van der Waals surface area contributed by atoms with Crippen molar-refractivity contribution in [2.75, 3.05) is 32.8 Å². The summed E-state index contributed by atoms with van der Waals surface area (Å²) in [5.74, 6) is -0.416. The number of hydrogen-bond donors (Lipinski definition) is 1. The van der Waals surface area contributed by atoms with Crippen molar-refractivity contribution in [3.05, 3.63) is 70.2 Å². The number of amides is 1. The summed E-state index contributed by atoms with van der Waals surface area (Å²) in [7, 11) is 0. The van der Waals surface area contributed by atoms with Crippen molar-refractivity contribution in [2.24, 2.45) is 0 Å². The van der Waals surface area contributed by atoms with Crippen molar-refractivity contribution in [3.8, 4) is 0 Å². The van der Waals surface area contributed by atoms with Gasteiger partial charge in [0.15, 0.2) is 0 Å². The predicted octanol–water partition coefficient (Wildman–Crippen LogP) is 4.16. The molecule has 150 valence electrons. The molecule has 2 aromatic carbocycles.